The molecule has 0 spiro atoms. The number of carbonyl (C=O) groups excluding carboxylic acids is 1. The molecule has 2 aliphatic rings. The smallest absolute Gasteiger partial charge is 0.255 e. The molecule has 3 heterocycles. The average Bonchev–Trinajstić information content (AvgIpc) is 2.53. The number of nitrogens with zero attached hydrogens (tertiary/aromatic N) is 3. The van der Waals surface area contributed by atoms with Crippen molar-refractivity contribution in [1.29, 1.82) is 0 Å². The SMILES string of the molecule is C[C@@H]1CN(C(=O)c2ccc(N3C[C@@H](C)O[C@@H](C)C3)nc2)CCO1. The Morgan fingerprint density at radius 1 is 1.13 bits per heavy atom. The van der Waals surface area contributed by atoms with Crippen molar-refractivity contribution < 1.29 is 14.3 Å². The van der Waals surface area contributed by atoms with E-state index in [-0.39, 0.29) is 24.2 Å². The van der Waals surface area contributed by atoms with Crippen LogP contribution in [0, 0.1) is 0 Å². The van der Waals surface area contributed by atoms with Gasteiger partial charge in [-0.25, -0.2) is 4.98 Å². The zero-order chi connectivity index (χ0) is 16.4. The first-order valence-electron chi connectivity index (χ1n) is 8.30. The minimum Gasteiger partial charge on any atom is -0.375 e. The van der Waals surface area contributed by atoms with Gasteiger partial charge in [0.2, 0.25) is 0 Å². The number of carbonyl (C=O) groups is 1. The fourth-order valence-electron chi connectivity index (χ4n) is 3.25. The molecule has 6 heteroatoms. The molecular weight excluding hydrogens is 294 g/mol. The van der Waals surface area contributed by atoms with Gasteiger partial charge in [0, 0.05) is 32.4 Å². The second-order valence-corrected chi connectivity index (χ2v) is 6.50. The lowest BCUT2D eigenvalue weighted by atomic mass is 10.2. The van der Waals surface area contributed by atoms with Gasteiger partial charge >= 0.3 is 0 Å². The summed E-state index contributed by atoms with van der Waals surface area (Å²) in [4.78, 5) is 21.1. The summed E-state index contributed by atoms with van der Waals surface area (Å²) >= 11 is 0. The third-order valence-corrected chi connectivity index (χ3v) is 4.27. The second kappa shape index (κ2) is 6.84. The summed E-state index contributed by atoms with van der Waals surface area (Å²) in [6.07, 6.45) is 2.16. The maximum Gasteiger partial charge on any atom is 0.255 e. The Morgan fingerprint density at radius 3 is 2.48 bits per heavy atom. The Kier molecular flexibility index (Phi) is 4.82. The normalized spacial score (nSPS) is 28.7. The van der Waals surface area contributed by atoms with E-state index in [1.165, 1.54) is 0 Å². The van der Waals surface area contributed by atoms with Gasteiger partial charge in [-0.05, 0) is 32.9 Å². The van der Waals surface area contributed by atoms with E-state index in [4.69, 9.17) is 9.47 Å². The minimum atomic E-state index is 0.0305. The van der Waals surface area contributed by atoms with Crippen LogP contribution in [0.15, 0.2) is 18.3 Å². The fraction of sp³-hybridized carbons (Fsp3) is 0.647. The van der Waals surface area contributed by atoms with E-state index in [0.29, 0.717) is 25.3 Å². The van der Waals surface area contributed by atoms with Gasteiger partial charge in [0.25, 0.3) is 5.91 Å². The molecular formula is C17H25N3O3. The van der Waals surface area contributed by atoms with Crippen LogP contribution < -0.4 is 4.90 Å². The second-order valence-electron chi connectivity index (χ2n) is 6.50. The van der Waals surface area contributed by atoms with Crippen LogP contribution in [-0.4, -0.2) is 66.9 Å². The summed E-state index contributed by atoms with van der Waals surface area (Å²) < 4.78 is 11.2. The number of anilines is 1. The Labute approximate surface area is 137 Å². The zero-order valence-corrected chi connectivity index (χ0v) is 14.1. The van der Waals surface area contributed by atoms with Gasteiger partial charge in [0.15, 0.2) is 0 Å². The number of aromatic nitrogens is 1. The van der Waals surface area contributed by atoms with Gasteiger partial charge in [0.1, 0.15) is 5.82 Å². The lowest BCUT2D eigenvalue weighted by Crippen LogP contribution is -2.46. The monoisotopic (exact) mass is 319 g/mol. The number of ether oxygens (including phenoxy) is 2. The molecule has 3 rings (SSSR count). The molecule has 2 aliphatic heterocycles. The van der Waals surface area contributed by atoms with Crippen molar-refractivity contribution in [3.05, 3.63) is 23.9 Å². The van der Waals surface area contributed by atoms with Crippen molar-refractivity contribution in [2.75, 3.05) is 37.7 Å². The number of amides is 1. The largest absolute Gasteiger partial charge is 0.375 e. The summed E-state index contributed by atoms with van der Waals surface area (Å²) in [5, 5.41) is 0. The lowest BCUT2D eigenvalue weighted by molar-refractivity contribution is -0.0124. The average molecular weight is 319 g/mol. The molecule has 0 aliphatic carbocycles. The van der Waals surface area contributed by atoms with Gasteiger partial charge in [-0.2, -0.15) is 0 Å². The maximum absolute atomic E-state index is 12.5. The van der Waals surface area contributed by atoms with Gasteiger partial charge in [-0.15, -0.1) is 0 Å². The van der Waals surface area contributed by atoms with Crippen molar-refractivity contribution in [2.45, 2.75) is 39.1 Å². The summed E-state index contributed by atoms with van der Waals surface area (Å²) in [7, 11) is 0. The van der Waals surface area contributed by atoms with Gasteiger partial charge in [-0.1, -0.05) is 0 Å². The molecule has 0 bridgehead atoms. The lowest BCUT2D eigenvalue weighted by Gasteiger charge is -2.36. The first-order chi connectivity index (χ1) is 11.0. The standard InChI is InChI=1S/C17H25N3O3/c1-12-9-19(6-7-22-12)17(21)15-4-5-16(18-8-15)20-10-13(2)23-14(3)11-20/h4-5,8,12-14H,6-7,9-11H2,1-3H3/t12-,13-,14+/m1/s1. The Balaban J connectivity index is 1.68. The highest BCUT2D eigenvalue weighted by atomic mass is 16.5. The van der Waals surface area contributed by atoms with Gasteiger partial charge in [0.05, 0.1) is 30.5 Å². The number of morpholine rings is 2. The molecule has 0 unspecified atom stereocenters. The summed E-state index contributed by atoms with van der Waals surface area (Å²) in [5.41, 5.74) is 0.636. The summed E-state index contributed by atoms with van der Waals surface area (Å²) in [5.74, 6) is 0.932. The van der Waals surface area contributed by atoms with E-state index in [9.17, 15) is 4.79 Å². The molecule has 2 fully saturated rings. The van der Waals surface area contributed by atoms with Crippen molar-refractivity contribution in [3.8, 4) is 0 Å². The Morgan fingerprint density at radius 2 is 1.87 bits per heavy atom. The maximum atomic E-state index is 12.5. The van der Waals surface area contributed by atoms with Crippen LogP contribution in [0.5, 0.6) is 0 Å². The first-order valence-corrected chi connectivity index (χ1v) is 8.30. The summed E-state index contributed by atoms with van der Waals surface area (Å²) in [6, 6.07) is 3.80. The quantitative estimate of drug-likeness (QED) is 0.828. The third-order valence-electron chi connectivity index (χ3n) is 4.27. The highest BCUT2D eigenvalue weighted by Crippen LogP contribution is 2.19. The van der Waals surface area contributed by atoms with Crippen molar-refractivity contribution in [1.82, 2.24) is 9.88 Å². The van der Waals surface area contributed by atoms with Crippen molar-refractivity contribution in [2.24, 2.45) is 0 Å². The molecule has 2 saturated heterocycles. The highest BCUT2D eigenvalue weighted by Gasteiger charge is 2.25. The molecule has 1 amide bonds. The van der Waals surface area contributed by atoms with E-state index in [2.05, 4.69) is 23.7 Å². The summed E-state index contributed by atoms with van der Waals surface area (Å²) in [6.45, 7) is 9.66. The van der Waals surface area contributed by atoms with Crippen LogP contribution in [-0.2, 0) is 9.47 Å². The fourth-order valence-corrected chi connectivity index (χ4v) is 3.25. The van der Waals surface area contributed by atoms with Crippen LogP contribution in [0.4, 0.5) is 5.82 Å². The topological polar surface area (TPSA) is 54.9 Å². The number of hydrogen-bond donors (Lipinski definition) is 0. The zero-order valence-electron chi connectivity index (χ0n) is 14.1. The van der Waals surface area contributed by atoms with Gasteiger partial charge in [-0.3, -0.25) is 4.79 Å². The van der Waals surface area contributed by atoms with Crippen LogP contribution >= 0.6 is 0 Å². The van der Waals surface area contributed by atoms with Crippen LogP contribution in [0.3, 0.4) is 0 Å². The van der Waals surface area contributed by atoms with Crippen molar-refractivity contribution in [3.63, 3.8) is 0 Å². The number of rotatable bonds is 2. The molecule has 0 aromatic carbocycles. The molecule has 3 atom stereocenters. The highest BCUT2D eigenvalue weighted by molar-refractivity contribution is 5.94. The Hall–Kier alpha value is -1.66. The molecule has 23 heavy (non-hydrogen) atoms. The van der Waals surface area contributed by atoms with E-state index in [1.54, 1.807) is 6.20 Å². The molecule has 0 N–H and O–H groups in total. The van der Waals surface area contributed by atoms with E-state index in [0.717, 1.165) is 18.9 Å². The van der Waals surface area contributed by atoms with Crippen LogP contribution in [0.25, 0.3) is 0 Å². The van der Waals surface area contributed by atoms with Crippen LogP contribution in [0.2, 0.25) is 0 Å². The molecule has 0 saturated carbocycles. The van der Waals surface area contributed by atoms with Crippen LogP contribution in [0.1, 0.15) is 31.1 Å². The predicted molar refractivity (Wildman–Crippen MR) is 87.8 cm³/mol. The van der Waals surface area contributed by atoms with E-state index in [1.807, 2.05) is 24.0 Å². The first kappa shape index (κ1) is 16.2. The third kappa shape index (κ3) is 3.82. The Bertz CT molecular complexity index is 539. The molecule has 0 radical (unpaired) electrons. The number of pyridine rings is 1. The van der Waals surface area contributed by atoms with E-state index < -0.39 is 0 Å². The minimum absolute atomic E-state index is 0.0305. The molecule has 6 nitrogen and oxygen atoms in total. The molecule has 1 aromatic rings. The number of hydrogen-bond acceptors (Lipinski definition) is 5. The molecule has 126 valence electrons. The molecule has 1 aromatic heterocycles. The van der Waals surface area contributed by atoms with Crippen molar-refractivity contribution >= 4 is 11.7 Å². The predicted octanol–water partition coefficient (Wildman–Crippen LogP) is 1.56. The van der Waals surface area contributed by atoms with E-state index >= 15 is 0 Å². The van der Waals surface area contributed by atoms with Gasteiger partial charge < -0.3 is 19.3 Å².